The number of hydrogen-bond acceptors (Lipinski definition) is 5. The minimum Gasteiger partial charge on any atom is -0.455 e. The predicted molar refractivity (Wildman–Crippen MR) is 109 cm³/mol. The van der Waals surface area contributed by atoms with E-state index in [4.69, 9.17) is 33.7 Å². The number of nitrogens with one attached hydrogen (secondary N) is 1. The lowest BCUT2D eigenvalue weighted by atomic mass is 9.95. The van der Waals surface area contributed by atoms with Gasteiger partial charge in [0.15, 0.2) is 6.61 Å². The minimum absolute atomic E-state index is 0.0377. The Balaban J connectivity index is 1.58. The number of ether oxygens (including phenoxy) is 1. The topological polar surface area (TPSA) is 98.5 Å². The molecule has 0 bridgehead atoms. The number of hydrogen-bond donors (Lipinski definition) is 2. The molecule has 1 aliphatic carbocycles. The molecule has 1 heterocycles. The maximum Gasteiger partial charge on any atom is 0.310 e. The molecule has 2 aromatic rings. The molecule has 28 heavy (non-hydrogen) atoms. The van der Waals surface area contributed by atoms with Crippen molar-refractivity contribution in [3.8, 4) is 0 Å². The summed E-state index contributed by atoms with van der Waals surface area (Å²) in [6, 6.07) is 4.81. The third-order valence-electron chi connectivity index (χ3n) is 4.37. The van der Waals surface area contributed by atoms with Gasteiger partial charge in [0.1, 0.15) is 5.00 Å². The van der Waals surface area contributed by atoms with Crippen molar-refractivity contribution in [3.05, 3.63) is 49.8 Å². The van der Waals surface area contributed by atoms with Crippen molar-refractivity contribution < 1.29 is 19.1 Å². The van der Waals surface area contributed by atoms with Gasteiger partial charge in [-0.1, -0.05) is 29.3 Å². The van der Waals surface area contributed by atoms with E-state index in [1.165, 1.54) is 11.3 Å². The average Bonchev–Trinajstić information content (AvgIpc) is 3.01. The number of halogens is 2. The molecule has 0 fully saturated rings. The van der Waals surface area contributed by atoms with Gasteiger partial charge in [-0.15, -0.1) is 11.3 Å². The van der Waals surface area contributed by atoms with E-state index < -0.39 is 24.4 Å². The number of anilines is 1. The highest BCUT2D eigenvalue weighted by atomic mass is 35.5. The second-order valence-electron chi connectivity index (χ2n) is 6.41. The van der Waals surface area contributed by atoms with Crippen LogP contribution in [0, 0.1) is 0 Å². The van der Waals surface area contributed by atoms with Crippen molar-refractivity contribution in [1.29, 1.82) is 0 Å². The maximum atomic E-state index is 12.2. The first-order valence-electron chi connectivity index (χ1n) is 8.69. The molecule has 148 valence electrons. The van der Waals surface area contributed by atoms with Crippen molar-refractivity contribution in [3.63, 3.8) is 0 Å². The molecule has 0 unspecified atom stereocenters. The highest BCUT2D eigenvalue weighted by molar-refractivity contribution is 7.17. The Morgan fingerprint density at radius 3 is 2.61 bits per heavy atom. The lowest BCUT2D eigenvalue weighted by Gasteiger charge is -2.11. The fourth-order valence-electron chi connectivity index (χ4n) is 3.09. The number of amides is 2. The number of carbonyl (C=O) groups excluding carboxylic acids is 3. The predicted octanol–water partition coefficient (Wildman–Crippen LogP) is 3.76. The Morgan fingerprint density at radius 1 is 1.14 bits per heavy atom. The average molecular weight is 441 g/mol. The summed E-state index contributed by atoms with van der Waals surface area (Å²) < 4.78 is 5.01. The summed E-state index contributed by atoms with van der Waals surface area (Å²) in [6.45, 7) is -0.457. The van der Waals surface area contributed by atoms with Crippen molar-refractivity contribution in [1.82, 2.24) is 0 Å². The quantitative estimate of drug-likeness (QED) is 0.667. The Labute approximate surface area is 176 Å². The first-order valence-corrected chi connectivity index (χ1v) is 10.3. The van der Waals surface area contributed by atoms with Crippen LogP contribution in [0.3, 0.4) is 0 Å². The third kappa shape index (κ3) is 4.84. The largest absolute Gasteiger partial charge is 0.455 e. The monoisotopic (exact) mass is 440 g/mol. The van der Waals surface area contributed by atoms with E-state index >= 15 is 0 Å². The van der Waals surface area contributed by atoms with Gasteiger partial charge in [0.2, 0.25) is 0 Å². The zero-order valence-corrected chi connectivity index (χ0v) is 17.2. The first-order chi connectivity index (χ1) is 13.3. The third-order valence-corrected chi connectivity index (χ3v) is 6.31. The van der Waals surface area contributed by atoms with Gasteiger partial charge in [0, 0.05) is 4.88 Å². The van der Waals surface area contributed by atoms with Crippen LogP contribution in [0.1, 0.15) is 39.2 Å². The summed E-state index contributed by atoms with van der Waals surface area (Å²) >= 11 is 13.1. The van der Waals surface area contributed by atoms with E-state index in [1.807, 2.05) is 0 Å². The number of aryl methyl sites for hydroxylation is 1. The van der Waals surface area contributed by atoms with E-state index in [9.17, 15) is 14.4 Å². The number of carbonyl (C=O) groups is 3. The van der Waals surface area contributed by atoms with Crippen LogP contribution >= 0.6 is 34.5 Å². The summed E-state index contributed by atoms with van der Waals surface area (Å²) in [6.07, 6.45) is 3.65. The number of thiophene rings is 1. The van der Waals surface area contributed by atoms with E-state index in [0.717, 1.165) is 36.1 Å². The molecule has 1 aliphatic rings. The van der Waals surface area contributed by atoms with E-state index in [2.05, 4.69) is 5.32 Å². The molecule has 1 aromatic heterocycles. The van der Waals surface area contributed by atoms with Crippen LogP contribution in [0.5, 0.6) is 0 Å². The van der Waals surface area contributed by atoms with Gasteiger partial charge in [0.05, 0.1) is 22.0 Å². The van der Waals surface area contributed by atoms with Crippen molar-refractivity contribution >= 4 is 57.3 Å². The standard InChI is InChI=1S/C19H18Cl2N2O4S/c20-12-6-5-10(7-13(12)21)8-16(25)27-9-15(24)23-19-17(18(22)26)11-3-1-2-4-14(11)28-19/h5-7H,1-4,8-9H2,(H2,22,26)(H,23,24). The SMILES string of the molecule is NC(=O)c1c(NC(=O)COC(=O)Cc2ccc(Cl)c(Cl)c2)sc2c1CCCC2. The Hall–Kier alpha value is -2.09. The fourth-order valence-corrected chi connectivity index (χ4v) is 4.72. The highest BCUT2D eigenvalue weighted by Crippen LogP contribution is 2.37. The molecular formula is C19H18Cl2N2O4S. The first kappa shape index (κ1) is 20.6. The lowest BCUT2D eigenvalue weighted by Crippen LogP contribution is -2.23. The van der Waals surface area contributed by atoms with Gasteiger partial charge in [-0.05, 0) is 48.9 Å². The molecule has 3 N–H and O–H groups in total. The Bertz CT molecular complexity index is 942. The van der Waals surface area contributed by atoms with Crippen LogP contribution < -0.4 is 11.1 Å². The molecule has 3 rings (SSSR count). The van der Waals surface area contributed by atoms with Gasteiger partial charge >= 0.3 is 5.97 Å². The number of fused-ring (bicyclic) bond motifs is 1. The minimum atomic E-state index is -0.575. The molecule has 6 nitrogen and oxygen atoms in total. The number of benzene rings is 1. The van der Waals surface area contributed by atoms with Crippen LogP contribution in [0.4, 0.5) is 5.00 Å². The molecule has 0 atom stereocenters. The molecule has 2 amide bonds. The van der Waals surface area contributed by atoms with E-state index in [0.29, 0.717) is 26.2 Å². The van der Waals surface area contributed by atoms with E-state index in [1.54, 1.807) is 18.2 Å². The van der Waals surface area contributed by atoms with Crippen LogP contribution in [0.25, 0.3) is 0 Å². The Morgan fingerprint density at radius 2 is 1.89 bits per heavy atom. The molecule has 1 aromatic carbocycles. The van der Waals surface area contributed by atoms with Gasteiger partial charge < -0.3 is 15.8 Å². The second-order valence-corrected chi connectivity index (χ2v) is 8.33. The fraction of sp³-hybridized carbons (Fsp3) is 0.316. The number of rotatable bonds is 6. The zero-order valence-electron chi connectivity index (χ0n) is 14.8. The Kier molecular flexibility index (Phi) is 6.59. The molecule has 0 aliphatic heterocycles. The van der Waals surface area contributed by atoms with Crippen LogP contribution in [0.15, 0.2) is 18.2 Å². The summed E-state index contributed by atoms with van der Waals surface area (Å²) in [4.78, 5) is 37.0. The molecule has 9 heteroatoms. The van der Waals surface area contributed by atoms with Crippen LogP contribution in [-0.2, 0) is 33.6 Å². The normalized spacial score (nSPS) is 12.9. The molecule has 0 spiro atoms. The summed E-state index contributed by atoms with van der Waals surface area (Å²) in [5.74, 6) is -1.66. The van der Waals surface area contributed by atoms with Crippen molar-refractivity contribution in [2.45, 2.75) is 32.1 Å². The molecule has 0 saturated carbocycles. The number of esters is 1. The van der Waals surface area contributed by atoms with Gasteiger partial charge in [-0.3, -0.25) is 14.4 Å². The van der Waals surface area contributed by atoms with Crippen LogP contribution in [0.2, 0.25) is 10.0 Å². The summed E-state index contributed by atoms with van der Waals surface area (Å²) in [5, 5.41) is 3.80. The number of nitrogens with two attached hydrogens (primary N) is 1. The summed E-state index contributed by atoms with van der Waals surface area (Å²) in [7, 11) is 0. The lowest BCUT2D eigenvalue weighted by molar-refractivity contribution is -0.146. The smallest absolute Gasteiger partial charge is 0.310 e. The van der Waals surface area contributed by atoms with Gasteiger partial charge in [-0.2, -0.15) is 0 Å². The van der Waals surface area contributed by atoms with E-state index in [-0.39, 0.29) is 6.42 Å². The van der Waals surface area contributed by atoms with Gasteiger partial charge in [0.25, 0.3) is 11.8 Å². The van der Waals surface area contributed by atoms with Crippen molar-refractivity contribution in [2.24, 2.45) is 5.73 Å². The second kappa shape index (κ2) is 8.94. The molecule has 0 saturated heterocycles. The van der Waals surface area contributed by atoms with Gasteiger partial charge in [-0.25, -0.2) is 0 Å². The maximum absolute atomic E-state index is 12.2. The van der Waals surface area contributed by atoms with Crippen molar-refractivity contribution in [2.75, 3.05) is 11.9 Å². The highest BCUT2D eigenvalue weighted by Gasteiger charge is 2.25. The molecular weight excluding hydrogens is 423 g/mol. The molecule has 0 radical (unpaired) electrons. The summed E-state index contributed by atoms with van der Waals surface area (Å²) in [5.41, 5.74) is 7.42. The number of primary amides is 1. The zero-order chi connectivity index (χ0) is 20.3. The van der Waals surface area contributed by atoms with Crippen LogP contribution in [-0.4, -0.2) is 24.4 Å².